The molecule has 2 aromatic heterocycles. The number of nitrogens with one attached hydrogen (secondary N) is 1. The summed E-state index contributed by atoms with van der Waals surface area (Å²) in [4.78, 5) is 24.0. The summed E-state index contributed by atoms with van der Waals surface area (Å²) in [6.45, 7) is 7.49. The highest BCUT2D eigenvalue weighted by Crippen LogP contribution is 2.30. The average Bonchev–Trinajstić information content (AvgIpc) is 3.35. The number of anilines is 3. The van der Waals surface area contributed by atoms with Gasteiger partial charge < -0.3 is 14.8 Å². The van der Waals surface area contributed by atoms with Crippen LogP contribution < -0.4 is 20.0 Å². The summed E-state index contributed by atoms with van der Waals surface area (Å²) in [5.41, 5.74) is 2.84. The molecule has 1 N–H and O–H groups in total. The van der Waals surface area contributed by atoms with E-state index in [9.17, 15) is 4.79 Å². The van der Waals surface area contributed by atoms with Crippen LogP contribution in [0, 0.1) is 0 Å². The van der Waals surface area contributed by atoms with Crippen LogP contribution in [0.5, 0.6) is 0 Å². The summed E-state index contributed by atoms with van der Waals surface area (Å²) in [5, 5.41) is 12.0. The molecule has 0 unspecified atom stereocenters. The Morgan fingerprint density at radius 1 is 0.941 bits per heavy atom. The minimum atomic E-state index is -0.0552. The van der Waals surface area contributed by atoms with E-state index in [4.69, 9.17) is 4.98 Å². The highest BCUT2D eigenvalue weighted by Gasteiger charge is 2.34. The lowest BCUT2D eigenvalue weighted by Gasteiger charge is -2.41. The maximum Gasteiger partial charge on any atom is 0.330 e. The normalized spacial score (nSPS) is 18.8. The fraction of sp³-hybridized carbons (Fsp3) is 0.440. The SMILES string of the molecule is CC(C)n1cnnc1-c1cccc(N2CCN(c3ccc(N4CC(NC5CC5)C4)cc3)C2=O)n1. The summed E-state index contributed by atoms with van der Waals surface area (Å²) >= 11 is 0. The first-order valence-electron chi connectivity index (χ1n) is 12.1. The molecule has 1 aliphatic carbocycles. The number of urea groups is 1. The molecule has 0 radical (unpaired) electrons. The van der Waals surface area contributed by atoms with E-state index in [1.54, 1.807) is 11.2 Å². The van der Waals surface area contributed by atoms with Crippen molar-refractivity contribution in [2.75, 3.05) is 40.9 Å². The number of pyridine rings is 1. The molecule has 3 aliphatic rings. The lowest BCUT2D eigenvalue weighted by molar-refractivity contribution is 0.255. The zero-order chi connectivity index (χ0) is 23.2. The number of nitrogens with zero attached hydrogens (tertiary/aromatic N) is 7. The molecule has 4 heterocycles. The van der Waals surface area contributed by atoms with Gasteiger partial charge in [0, 0.05) is 55.7 Å². The van der Waals surface area contributed by atoms with Gasteiger partial charge in [0.2, 0.25) is 0 Å². The second-order valence-corrected chi connectivity index (χ2v) is 9.68. The predicted molar refractivity (Wildman–Crippen MR) is 132 cm³/mol. The Bertz CT molecular complexity index is 1180. The van der Waals surface area contributed by atoms with Gasteiger partial charge in [-0.15, -0.1) is 10.2 Å². The highest BCUT2D eigenvalue weighted by atomic mass is 16.2. The number of aromatic nitrogens is 4. The van der Waals surface area contributed by atoms with Gasteiger partial charge in [-0.1, -0.05) is 6.07 Å². The summed E-state index contributed by atoms with van der Waals surface area (Å²) in [5.74, 6) is 1.34. The third-order valence-electron chi connectivity index (χ3n) is 6.84. The minimum Gasteiger partial charge on any atom is -0.368 e. The van der Waals surface area contributed by atoms with Gasteiger partial charge in [-0.3, -0.25) is 9.80 Å². The second kappa shape index (κ2) is 8.39. The lowest BCUT2D eigenvalue weighted by Crippen LogP contribution is -2.58. The van der Waals surface area contributed by atoms with Crippen molar-refractivity contribution in [3.05, 3.63) is 48.8 Å². The third-order valence-corrected chi connectivity index (χ3v) is 6.84. The van der Waals surface area contributed by atoms with Gasteiger partial charge >= 0.3 is 6.03 Å². The summed E-state index contributed by atoms with van der Waals surface area (Å²) in [6, 6.07) is 15.6. The zero-order valence-electron chi connectivity index (χ0n) is 19.6. The molecular formula is C25H30N8O. The van der Waals surface area contributed by atoms with Gasteiger partial charge in [-0.2, -0.15) is 0 Å². The Balaban J connectivity index is 1.14. The fourth-order valence-corrected chi connectivity index (χ4v) is 4.71. The largest absolute Gasteiger partial charge is 0.368 e. The molecule has 6 rings (SSSR count). The van der Waals surface area contributed by atoms with E-state index >= 15 is 0 Å². The number of rotatable bonds is 7. The standard InChI is InChI=1S/C25H30N8O/c1-17(2)33-16-26-29-24(33)22-4-3-5-23(28-22)32-13-12-31(25(32)34)21-10-8-20(9-11-21)30-14-19(15-30)27-18-6-7-18/h3-5,8-11,16-19,27H,6-7,12-15H2,1-2H3. The Morgan fingerprint density at radius 3 is 2.41 bits per heavy atom. The maximum absolute atomic E-state index is 13.3. The molecule has 2 saturated heterocycles. The predicted octanol–water partition coefficient (Wildman–Crippen LogP) is 3.31. The highest BCUT2D eigenvalue weighted by molar-refractivity contribution is 6.05. The van der Waals surface area contributed by atoms with Crippen LogP contribution in [0.25, 0.3) is 11.5 Å². The summed E-state index contributed by atoms with van der Waals surface area (Å²) in [6.07, 6.45) is 4.36. The van der Waals surface area contributed by atoms with Gasteiger partial charge in [0.25, 0.3) is 0 Å². The molecule has 9 heteroatoms. The van der Waals surface area contributed by atoms with Crippen molar-refractivity contribution in [1.29, 1.82) is 0 Å². The van der Waals surface area contributed by atoms with Crippen LogP contribution >= 0.6 is 0 Å². The first-order valence-corrected chi connectivity index (χ1v) is 12.1. The van der Waals surface area contributed by atoms with Crippen molar-refractivity contribution in [1.82, 2.24) is 25.1 Å². The Hall–Kier alpha value is -3.46. The molecule has 1 aromatic carbocycles. The molecule has 3 fully saturated rings. The van der Waals surface area contributed by atoms with Crippen LogP contribution in [0.15, 0.2) is 48.8 Å². The lowest BCUT2D eigenvalue weighted by atomic mass is 10.1. The van der Waals surface area contributed by atoms with Gasteiger partial charge in [-0.25, -0.2) is 9.78 Å². The van der Waals surface area contributed by atoms with E-state index in [1.807, 2.05) is 39.8 Å². The molecule has 1 saturated carbocycles. The first-order chi connectivity index (χ1) is 16.6. The van der Waals surface area contributed by atoms with Crippen molar-refractivity contribution in [2.45, 2.75) is 44.8 Å². The molecule has 3 aromatic rings. The van der Waals surface area contributed by atoms with Crippen molar-refractivity contribution in [3.63, 3.8) is 0 Å². The van der Waals surface area contributed by atoms with Crippen LogP contribution in [0.3, 0.4) is 0 Å². The maximum atomic E-state index is 13.3. The molecule has 2 aliphatic heterocycles. The van der Waals surface area contributed by atoms with Crippen molar-refractivity contribution in [3.8, 4) is 11.5 Å². The molecule has 2 amide bonds. The van der Waals surface area contributed by atoms with Gasteiger partial charge in [0.05, 0.1) is 0 Å². The second-order valence-electron chi connectivity index (χ2n) is 9.68. The first kappa shape index (κ1) is 21.1. The van der Waals surface area contributed by atoms with E-state index in [2.05, 4.69) is 46.4 Å². The summed E-state index contributed by atoms with van der Waals surface area (Å²) < 4.78 is 1.98. The Morgan fingerprint density at radius 2 is 1.68 bits per heavy atom. The number of amides is 2. The van der Waals surface area contributed by atoms with E-state index in [0.29, 0.717) is 36.5 Å². The Kier molecular flexibility index (Phi) is 5.21. The van der Waals surface area contributed by atoms with Crippen LogP contribution in [0.1, 0.15) is 32.7 Å². The van der Waals surface area contributed by atoms with Crippen LogP contribution in [-0.2, 0) is 0 Å². The molecule has 9 nitrogen and oxygen atoms in total. The molecule has 0 spiro atoms. The van der Waals surface area contributed by atoms with E-state index < -0.39 is 0 Å². The fourth-order valence-electron chi connectivity index (χ4n) is 4.71. The van der Waals surface area contributed by atoms with Gasteiger partial charge in [0.1, 0.15) is 17.8 Å². The topological polar surface area (TPSA) is 82.4 Å². The van der Waals surface area contributed by atoms with Crippen molar-refractivity contribution >= 4 is 23.2 Å². The third kappa shape index (κ3) is 3.90. The molecule has 0 bridgehead atoms. The number of carbonyl (C=O) groups is 1. The average molecular weight is 459 g/mol. The van der Waals surface area contributed by atoms with Gasteiger partial charge in [-0.05, 0) is 63.1 Å². The van der Waals surface area contributed by atoms with E-state index in [0.717, 1.165) is 24.8 Å². The monoisotopic (exact) mass is 458 g/mol. The van der Waals surface area contributed by atoms with Gasteiger partial charge in [0.15, 0.2) is 5.82 Å². The molecule has 34 heavy (non-hydrogen) atoms. The van der Waals surface area contributed by atoms with Crippen molar-refractivity contribution in [2.24, 2.45) is 0 Å². The van der Waals surface area contributed by atoms with Crippen LogP contribution in [0.4, 0.5) is 22.0 Å². The molecule has 176 valence electrons. The number of benzene rings is 1. The quantitative estimate of drug-likeness (QED) is 0.585. The Labute approximate surface area is 199 Å². The van der Waals surface area contributed by atoms with E-state index in [-0.39, 0.29) is 12.1 Å². The zero-order valence-corrected chi connectivity index (χ0v) is 19.6. The number of hydrogen-bond donors (Lipinski definition) is 1. The minimum absolute atomic E-state index is 0.0552. The van der Waals surface area contributed by atoms with Crippen LogP contribution in [0.2, 0.25) is 0 Å². The van der Waals surface area contributed by atoms with E-state index in [1.165, 1.54) is 18.5 Å². The van der Waals surface area contributed by atoms with Crippen molar-refractivity contribution < 1.29 is 4.79 Å². The number of hydrogen-bond acceptors (Lipinski definition) is 6. The summed E-state index contributed by atoms with van der Waals surface area (Å²) in [7, 11) is 0. The molecule has 0 atom stereocenters. The smallest absolute Gasteiger partial charge is 0.330 e. The van der Waals surface area contributed by atoms with Crippen LogP contribution in [-0.4, -0.2) is 64.0 Å². The number of carbonyl (C=O) groups excluding carboxylic acids is 1. The molecular weight excluding hydrogens is 428 g/mol.